The zero-order chi connectivity index (χ0) is 11.0. The van der Waals surface area contributed by atoms with Crippen LogP contribution in [0.1, 0.15) is 17.3 Å². The highest BCUT2D eigenvalue weighted by atomic mass is 15.3. The van der Waals surface area contributed by atoms with Crippen molar-refractivity contribution in [2.45, 2.75) is 12.8 Å². The molecule has 3 rings (SSSR count). The lowest BCUT2D eigenvalue weighted by molar-refractivity contribution is 0.507. The quantitative estimate of drug-likeness (QED) is 0.815. The number of nitrogens with zero attached hydrogens (tertiary/aromatic N) is 4. The fourth-order valence-corrected chi connectivity index (χ4v) is 1.97. The summed E-state index contributed by atoms with van der Waals surface area (Å²) in [6.07, 6.45) is 3.42. The third-order valence-electron chi connectivity index (χ3n) is 2.96. The van der Waals surface area contributed by atoms with Gasteiger partial charge in [-0.3, -0.25) is 5.10 Å². The summed E-state index contributed by atoms with van der Waals surface area (Å²) in [4.78, 5) is 10.6. The van der Waals surface area contributed by atoms with Gasteiger partial charge in [-0.05, 0) is 13.0 Å². The third-order valence-corrected chi connectivity index (χ3v) is 2.96. The molecule has 1 aliphatic heterocycles. The van der Waals surface area contributed by atoms with Gasteiger partial charge in [0.25, 0.3) is 0 Å². The fourth-order valence-electron chi connectivity index (χ4n) is 1.97. The van der Waals surface area contributed by atoms with E-state index in [0.29, 0.717) is 5.92 Å². The van der Waals surface area contributed by atoms with E-state index in [9.17, 15) is 0 Å². The second kappa shape index (κ2) is 3.59. The number of aryl methyl sites for hydroxylation is 1. The van der Waals surface area contributed by atoms with E-state index in [1.807, 2.05) is 19.1 Å². The summed E-state index contributed by atoms with van der Waals surface area (Å²) < 4.78 is 0. The fraction of sp³-hybridized carbons (Fsp3) is 0.364. The van der Waals surface area contributed by atoms with Gasteiger partial charge in [0.2, 0.25) is 0 Å². The zero-order valence-electron chi connectivity index (χ0n) is 9.09. The Morgan fingerprint density at radius 1 is 1.38 bits per heavy atom. The number of aromatic amines is 1. The zero-order valence-corrected chi connectivity index (χ0v) is 9.09. The van der Waals surface area contributed by atoms with Gasteiger partial charge in [-0.2, -0.15) is 5.10 Å². The normalized spacial score (nSPS) is 16.2. The van der Waals surface area contributed by atoms with Crippen LogP contribution in [0.3, 0.4) is 0 Å². The Morgan fingerprint density at radius 2 is 2.25 bits per heavy atom. The predicted molar refractivity (Wildman–Crippen MR) is 60.3 cm³/mol. The molecule has 1 fully saturated rings. The van der Waals surface area contributed by atoms with E-state index < -0.39 is 0 Å². The van der Waals surface area contributed by atoms with E-state index in [4.69, 9.17) is 0 Å². The third kappa shape index (κ3) is 1.54. The monoisotopic (exact) mass is 215 g/mol. The van der Waals surface area contributed by atoms with Crippen molar-refractivity contribution < 1.29 is 0 Å². The molecule has 3 heterocycles. The number of hydrogen-bond acceptors (Lipinski definition) is 4. The number of nitrogens with one attached hydrogen (secondary N) is 1. The Hall–Kier alpha value is -1.91. The minimum Gasteiger partial charge on any atom is -0.355 e. The van der Waals surface area contributed by atoms with Gasteiger partial charge < -0.3 is 4.90 Å². The first-order chi connectivity index (χ1) is 7.83. The highest BCUT2D eigenvalue weighted by molar-refractivity contribution is 5.44. The van der Waals surface area contributed by atoms with E-state index >= 15 is 0 Å². The van der Waals surface area contributed by atoms with Crippen LogP contribution in [0, 0.1) is 6.92 Å². The van der Waals surface area contributed by atoms with Crippen molar-refractivity contribution >= 4 is 5.82 Å². The highest BCUT2D eigenvalue weighted by Gasteiger charge is 2.29. The summed E-state index contributed by atoms with van der Waals surface area (Å²) in [6, 6.07) is 4.05. The van der Waals surface area contributed by atoms with Gasteiger partial charge in [0.05, 0.1) is 0 Å². The molecule has 0 bridgehead atoms. The summed E-state index contributed by atoms with van der Waals surface area (Å²) in [6.45, 7) is 3.98. The van der Waals surface area contributed by atoms with Crippen molar-refractivity contribution in [1.29, 1.82) is 0 Å². The number of aromatic nitrogens is 4. The van der Waals surface area contributed by atoms with E-state index in [1.165, 1.54) is 5.69 Å². The standard InChI is InChI=1S/C11H13N5/c1-8-4-11(13-7-12-8)16-5-9(6-16)10-2-3-14-15-10/h2-4,7,9H,5-6H2,1H3,(H,14,15). The van der Waals surface area contributed by atoms with Crippen molar-refractivity contribution in [3.05, 3.63) is 36.0 Å². The molecule has 1 saturated heterocycles. The first-order valence-corrected chi connectivity index (χ1v) is 5.36. The summed E-state index contributed by atoms with van der Waals surface area (Å²) in [5, 5.41) is 6.98. The summed E-state index contributed by atoms with van der Waals surface area (Å²) in [7, 11) is 0. The SMILES string of the molecule is Cc1cc(N2CC(c3ccn[nH]3)C2)ncn1. The molecular formula is C11H13N5. The molecule has 16 heavy (non-hydrogen) atoms. The number of rotatable bonds is 2. The van der Waals surface area contributed by atoms with Crippen LogP contribution >= 0.6 is 0 Å². The first-order valence-electron chi connectivity index (χ1n) is 5.36. The molecule has 0 atom stereocenters. The highest BCUT2D eigenvalue weighted by Crippen LogP contribution is 2.28. The molecule has 82 valence electrons. The lowest BCUT2D eigenvalue weighted by Crippen LogP contribution is -2.45. The van der Waals surface area contributed by atoms with Crippen molar-refractivity contribution in [1.82, 2.24) is 20.2 Å². The number of anilines is 1. The summed E-state index contributed by atoms with van der Waals surface area (Å²) in [5.41, 5.74) is 2.22. The Balaban J connectivity index is 1.69. The Kier molecular flexibility index (Phi) is 2.09. The molecule has 5 heteroatoms. The minimum atomic E-state index is 0.553. The van der Waals surface area contributed by atoms with Crippen molar-refractivity contribution in [3.8, 4) is 0 Å². The van der Waals surface area contributed by atoms with Crippen LogP contribution in [0.2, 0.25) is 0 Å². The van der Waals surface area contributed by atoms with Crippen LogP contribution in [0.5, 0.6) is 0 Å². The molecule has 0 aromatic carbocycles. The van der Waals surface area contributed by atoms with Gasteiger partial charge >= 0.3 is 0 Å². The second-order valence-electron chi connectivity index (χ2n) is 4.13. The average molecular weight is 215 g/mol. The van der Waals surface area contributed by atoms with Crippen molar-refractivity contribution in [3.63, 3.8) is 0 Å². The molecule has 0 saturated carbocycles. The van der Waals surface area contributed by atoms with Gasteiger partial charge in [0.15, 0.2) is 0 Å². The molecule has 0 spiro atoms. The van der Waals surface area contributed by atoms with Crippen LogP contribution < -0.4 is 4.90 Å². The summed E-state index contributed by atoms with van der Waals surface area (Å²) >= 11 is 0. The lowest BCUT2D eigenvalue weighted by Gasteiger charge is -2.39. The van der Waals surface area contributed by atoms with Gasteiger partial charge in [-0.1, -0.05) is 0 Å². The van der Waals surface area contributed by atoms with Crippen molar-refractivity contribution in [2.75, 3.05) is 18.0 Å². The lowest BCUT2D eigenvalue weighted by atomic mass is 9.96. The van der Waals surface area contributed by atoms with Crippen LogP contribution in [0.4, 0.5) is 5.82 Å². The van der Waals surface area contributed by atoms with Gasteiger partial charge in [0, 0.05) is 42.7 Å². The molecule has 0 aliphatic carbocycles. The largest absolute Gasteiger partial charge is 0.355 e. The van der Waals surface area contributed by atoms with Gasteiger partial charge in [-0.25, -0.2) is 9.97 Å². The van der Waals surface area contributed by atoms with E-state index in [-0.39, 0.29) is 0 Å². The first kappa shape index (κ1) is 9.33. The van der Waals surface area contributed by atoms with Crippen LogP contribution in [-0.4, -0.2) is 33.3 Å². The molecule has 1 N–H and O–H groups in total. The molecular weight excluding hydrogens is 202 g/mol. The van der Waals surface area contributed by atoms with Crippen LogP contribution in [0.25, 0.3) is 0 Å². The van der Waals surface area contributed by atoms with Crippen LogP contribution in [-0.2, 0) is 0 Å². The molecule has 2 aromatic heterocycles. The van der Waals surface area contributed by atoms with E-state index in [2.05, 4.69) is 25.1 Å². The molecule has 2 aromatic rings. The summed E-state index contributed by atoms with van der Waals surface area (Å²) in [5.74, 6) is 1.57. The topological polar surface area (TPSA) is 57.7 Å². The smallest absolute Gasteiger partial charge is 0.132 e. The maximum Gasteiger partial charge on any atom is 0.132 e. The Labute approximate surface area is 93.5 Å². The molecule has 0 radical (unpaired) electrons. The molecule has 5 nitrogen and oxygen atoms in total. The molecule has 0 unspecified atom stereocenters. The Morgan fingerprint density at radius 3 is 2.94 bits per heavy atom. The average Bonchev–Trinajstić information content (AvgIpc) is 2.69. The maximum atomic E-state index is 4.27. The van der Waals surface area contributed by atoms with E-state index in [1.54, 1.807) is 12.5 Å². The van der Waals surface area contributed by atoms with Gasteiger partial charge in [0.1, 0.15) is 12.1 Å². The second-order valence-corrected chi connectivity index (χ2v) is 4.13. The number of hydrogen-bond donors (Lipinski definition) is 1. The predicted octanol–water partition coefficient (Wildman–Crippen LogP) is 1.11. The van der Waals surface area contributed by atoms with Crippen molar-refractivity contribution in [2.24, 2.45) is 0 Å². The van der Waals surface area contributed by atoms with E-state index in [0.717, 1.165) is 24.6 Å². The van der Waals surface area contributed by atoms with Gasteiger partial charge in [-0.15, -0.1) is 0 Å². The number of H-pyrrole nitrogens is 1. The molecule has 0 amide bonds. The maximum absolute atomic E-state index is 4.27. The van der Waals surface area contributed by atoms with Crippen LogP contribution in [0.15, 0.2) is 24.7 Å². The minimum absolute atomic E-state index is 0.553. The Bertz CT molecular complexity index is 473. The molecule has 1 aliphatic rings.